The zero-order valence-electron chi connectivity index (χ0n) is 8.92. The fraction of sp³-hybridized carbons (Fsp3) is 0.778. The van der Waals surface area contributed by atoms with Crippen LogP contribution in [0.4, 0.5) is 0 Å². The topological polar surface area (TPSA) is 99.1 Å². The van der Waals surface area contributed by atoms with E-state index in [1.165, 1.54) is 0 Å². The van der Waals surface area contributed by atoms with Crippen molar-refractivity contribution in [1.29, 1.82) is 0 Å². The molecule has 0 bridgehead atoms. The molecule has 0 spiro atoms. The first-order chi connectivity index (χ1) is 7.63. The van der Waals surface area contributed by atoms with E-state index in [0.717, 1.165) is 6.42 Å². The summed E-state index contributed by atoms with van der Waals surface area (Å²) >= 11 is 0. The first-order valence-electron chi connectivity index (χ1n) is 5.37. The predicted octanol–water partition coefficient (Wildman–Crippen LogP) is 0.211. The van der Waals surface area contributed by atoms with Gasteiger partial charge in [0.2, 0.25) is 5.89 Å². The van der Waals surface area contributed by atoms with Crippen LogP contribution in [0.1, 0.15) is 36.2 Å². The van der Waals surface area contributed by atoms with Crippen molar-refractivity contribution in [1.82, 2.24) is 10.1 Å². The molecule has 1 fully saturated rings. The Morgan fingerprint density at radius 2 is 2.31 bits per heavy atom. The highest BCUT2D eigenvalue weighted by Gasteiger charge is 2.36. The summed E-state index contributed by atoms with van der Waals surface area (Å²) in [5, 5.41) is 3.17. The molecule has 1 atom stereocenters. The van der Waals surface area contributed by atoms with Gasteiger partial charge < -0.3 is 10.3 Å². The van der Waals surface area contributed by atoms with Crippen LogP contribution in [0.25, 0.3) is 0 Å². The van der Waals surface area contributed by atoms with Crippen LogP contribution in [-0.4, -0.2) is 30.9 Å². The van der Waals surface area contributed by atoms with Gasteiger partial charge in [-0.25, -0.2) is 8.42 Å². The first-order valence-corrected chi connectivity index (χ1v) is 7.09. The number of hydrogen-bond acceptors (Lipinski definition) is 6. The summed E-state index contributed by atoms with van der Waals surface area (Å²) in [5.74, 6) is 1.01. The number of aromatic nitrogens is 2. The van der Waals surface area contributed by atoms with Crippen molar-refractivity contribution < 1.29 is 12.9 Å². The highest BCUT2D eigenvalue weighted by molar-refractivity contribution is 7.91. The summed E-state index contributed by atoms with van der Waals surface area (Å²) in [6.45, 7) is 0.555. The van der Waals surface area contributed by atoms with Gasteiger partial charge in [0.05, 0.1) is 5.75 Å². The number of nitrogens with two attached hydrogens (primary N) is 1. The minimum Gasteiger partial charge on any atom is -0.339 e. The van der Waals surface area contributed by atoms with E-state index < -0.39 is 15.1 Å². The molecular weight excluding hydrogens is 230 g/mol. The van der Waals surface area contributed by atoms with E-state index in [0.29, 0.717) is 37.5 Å². The third-order valence-electron chi connectivity index (χ3n) is 2.70. The number of nitrogens with zero attached hydrogens (tertiary/aromatic N) is 2. The minimum absolute atomic E-state index is 0.227. The van der Waals surface area contributed by atoms with Crippen molar-refractivity contribution in [3.63, 3.8) is 0 Å². The molecule has 0 radical (unpaired) electrons. The van der Waals surface area contributed by atoms with Gasteiger partial charge in [0.15, 0.2) is 15.7 Å². The average molecular weight is 245 g/mol. The van der Waals surface area contributed by atoms with E-state index in [9.17, 15) is 8.42 Å². The molecule has 1 aromatic heterocycles. The average Bonchev–Trinajstić information content (AvgIpc) is 2.81. The molecule has 2 N–H and O–H groups in total. The molecule has 90 valence electrons. The molecule has 1 unspecified atom stereocenters. The molecule has 1 aromatic rings. The summed E-state index contributed by atoms with van der Waals surface area (Å²) in [5.41, 5.74) is 5.36. The van der Waals surface area contributed by atoms with Gasteiger partial charge in [0.1, 0.15) is 5.25 Å². The van der Waals surface area contributed by atoms with E-state index in [1.54, 1.807) is 0 Å². The van der Waals surface area contributed by atoms with Gasteiger partial charge in [-0.15, -0.1) is 0 Å². The normalized spacial score (nSPS) is 23.7. The summed E-state index contributed by atoms with van der Waals surface area (Å²) in [4.78, 5) is 4.11. The maximum atomic E-state index is 11.6. The smallest absolute Gasteiger partial charge is 0.226 e. The van der Waals surface area contributed by atoms with Crippen molar-refractivity contribution in [2.75, 3.05) is 12.3 Å². The van der Waals surface area contributed by atoms with Crippen LogP contribution >= 0.6 is 0 Å². The molecule has 0 aliphatic carbocycles. The van der Waals surface area contributed by atoms with Crippen molar-refractivity contribution >= 4 is 9.84 Å². The third-order valence-corrected chi connectivity index (χ3v) is 4.87. The standard InChI is InChI=1S/C9H15N3O3S/c10-5-1-4-8-11-9(12-15-8)7-3-2-6-16(7,13)14/h7H,1-6,10H2. The quantitative estimate of drug-likeness (QED) is 0.814. The molecular formula is C9H15N3O3S. The molecule has 1 saturated heterocycles. The molecule has 2 heterocycles. The molecule has 0 aromatic carbocycles. The second-order valence-corrected chi connectivity index (χ2v) is 6.24. The van der Waals surface area contributed by atoms with E-state index in [4.69, 9.17) is 10.3 Å². The number of aryl methyl sites for hydroxylation is 1. The lowest BCUT2D eigenvalue weighted by atomic mass is 10.2. The predicted molar refractivity (Wildman–Crippen MR) is 57.4 cm³/mol. The largest absolute Gasteiger partial charge is 0.339 e. The van der Waals surface area contributed by atoms with Crippen LogP contribution in [-0.2, 0) is 16.3 Å². The second kappa shape index (κ2) is 4.50. The molecule has 0 saturated carbocycles. The second-order valence-electron chi connectivity index (χ2n) is 3.94. The van der Waals surface area contributed by atoms with Gasteiger partial charge in [-0.2, -0.15) is 4.98 Å². The molecule has 6 nitrogen and oxygen atoms in total. The fourth-order valence-electron chi connectivity index (χ4n) is 1.84. The molecule has 0 amide bonds. The SMILES string of the molecule is NCCCc1nc(C2CCCS2(=O)=O)no1. The first kappa shape index (κ1) is 11.5. The van der Waals surface area contributed by atoms with E-state index >= 15 is 0 Å². The van der Waals surface area contributed by atoms with Gasteiger partial charge in [-0.1, -0.05) is 5.16 Å². The van der Waals surface area contributed by atoms with Crippen LogP contribution in [0.15, 0.2) is 4.52 Å². The Morgan fingerprint density at radius 3 is 2.94 bits per heavy atom. The highest BCUT2D eigenvalue weighted by Crippen LogP contribution is 2.32. The Hall–Kier alpha value is -0.950. The summed E-state index contributed by atoms with van der Waals surface area (Å²) in [6.07, 6.45) is 2.65. The maximum Gasteiger partial charge on any atom is 0.226 e. The van der Waals surface area contributed by atoms with Gasteiger partial charge in [-0.3, -0.25) is 0 Å². The van der Waals surface area contributed by atoms with E-state index in [1.807, 2.05) is 0 Å². The molecule has 7 heteroatoms. The Labute approximate surface area is 94.1 Å². The summed E-state index contributed by atoms with van der Waals surface area (Å²) in [6, 6.07) is 0. The zero-order valence-corrected chi connectivity index (χ0v) is 9.74. The van der Waals surface area contributed by atoms with Crippen LogP contribution < -0.4 is 5.73 Å². The van der Waals surface area contributed by atoms with Gasteiger partial charge in [0.25, 0.3) is 0 Å². The Kier molecular flexibility index (Phi) is 3.25. The Morgan fingerprint density at radius 1 is 1.50 bits per heavy atom. The molecule has 1 aliphatic heterocycles. The van der Waals surface area contributed by atoms with Crippen LogP contribution in [0, 0.1) is 0 Å². The lowest BCUT2D eigenvalue weighted by Gasteiger charge is -2.01. The lowest BCUT2D eigenvalue weighted by molar-refractivity contribution is 0.370. The van der Waals surface area contributed by atoms with Crippen LogP contribution in [0.3, 0.4) is 0 Å². The van der Waals surface area contributed by atoms with Crippen molar-refractivity contribution in [2.24, 2.45) is 5.73 Å². The van der Waals surface area contributed by atoms with Crippen molar-refractivity contribution in [2.45, 2.75) is 30.9 Å². The third kappa shape index (κ3) is 2.25. The zero-order chi connectivity index (χ0) is 11.6. The molecule has 1 aliphatic rings. The van der Waals surface area contributed by atoms with E-state index in [-0.39, 0.29) is 5.75 Å². The van der Waals surface area contributed by atoms with Crippen LogP contribution in [0.5, 0.6) is 0 Å². The number of sulfone groups is 1. The van der Waals surface area contributed by atoms with Gasteiger partial charge in [0, 0.05) is 6.42 Å². The van der Waals surface area contributed by atoms with E-state index in [2.05, 4.69) is 10.1 Å². The van der Waals surface area contributed by atoms with Gasteiger partial charge in [-0.05, 0) is 25.8 Å². The Bertz CT molecular complexity index is 454. The summed E-state index contributed by atoms with van der Waals surface area (Å²) < 4.78 is 28.3. The lowest BCUT2D eigenvalue weighted by Crippen LogP contribution is -2.09. The monoisotopic (exact) mass is 245 g/mol. The molecule has 16 heavy (non-hydrogen) atoms. The van der Waals surface area contributed by atoms with Crippen LogP contribution in [0.2, 0.25) is 0 Å². The van der Waals surface area contributed by atoms with Crippen molar-refractivity contribution in [3.8, 4) is 0 Å². The van der Waals surface area contributed by atoms with Crippen molar-refractivity contribution in [3.05, 3.63) is 11.7 Å². The highest BCUT2D eigenvalue weighted by atomic mass is 32.2. The maximum absolute atomic E-state index is 11.6. The van der Waals surface area contributed by atoms with Gasteiger partial charge >= 0.3 is 0 Å². The minimum atomic E-state index is -3.06. The Balaban J connectivity index is 2.13. The number of rotatable bonds is 4. The summed E-state index contributed by atoms with van der Waals surface area (Å²) in [7, 11) is -3.06. The fourth-order valence-corrected chi connectivity index (χ4v) is 3.63. The molecule has 2 rings (SSSR count). The number of hydrogen-bond donors (Lipinski definition) is 1.